The zero-order valence-electron chi connectivity index (χ0n) is 13.2. The molecule has 0 bridgehead atoms. The van der Waals surface area contributed by atoms with Gasteiger partial charge in [0.05, 0.1) is 13.2 Å². The summed E-state index contributed by atoms with van der Waals surface area (Å²) < 4.78 is 11.2. The summed E-state index contributed by atoms with van der Waals surface area (Å²) in [5, 5.41) is 3.45. The van der Waals surface area contributed by atoms with Gasteiger partial charge in [-0.25, -0.2) is 0 Å². The number of hydrogen-bond donors (Lipinski definition) is 1. The van der Waals surface area contributed by atoms with Crippen molar-refractivity contribution < 1.29 is 9.47 Å². The normalized spacial score (nSPS) is 10.8. The van der Waals surface area contributed by atoms with E-state index in [1.54, 1.807) is 0 Å². The van der Waals surface area contributed by atoms with Crippen molar-refractivity contribution in [1.82, 2.24) is 10.2 Å². The second kappa shape index (κ2) is 9.61. The second-order valence-electron chi connectivity index (χ2n) is 4.72. The molecule has 0 saturated carbocycles. The van der Waals surface area contributed by atoms with Crippen LogP contribution in [0.2, 0.25) is 0 Å². The van der Waals surface area contributed by atoms with Crippen LogP contribution in [0.5, 0.6) is 11.5 Å². The third-order valence-corrected chi connectivity index (χ3v) is 3.15. The van der Waals surface area contributed by atoms with E-state index in [1.165, 1.54) is 5.56 Å². The van der Waals surface area contributed by atoms with Gasteiger partial charge in [-0.3, -0.25) is 0 Å². The van der Waals surface area contributed by atoms with Crippen molar-refractivity contribution in [2.45, 2.75) is 27.3 Å². The van der Waals surface area contributed by atoms with Crippen LogP contribution in [0.25, 0.3) is 0 Å². The summed E-state index contributed by atoms with van der Waals surface area (Å²) in [7, 11) is 2.13. The van der Waals surface area contributed by atoms with Gasteiger partial charge >= 0.3 is 0 Å². The predicted octanol–water partition coefficient (Wildman–Crippen LogP) is 2.53. The maximum atomic E-state index is 5.63. The average molecular weight is 280 g/mol. The first-order valence-electron chi connectivity index (χ1n) is 7.49. The van der Waals surface area contributed by atoms with E-state index in [1.807, 2.05) is 19.9 Å². The van der Waals surface area contributed by atoms with E-state index in [-0.39, 0.29) is 0 Å². The molecule has 1 N–H and O–H groups in total. The molecule has 0 spiro atoms. The molecule has 0 aromatic heterocycles. The van der Waals surface area contributed by atoms with Crippen molar-refractivity contribution >= 4 is 0 Å². The lowest BCUT2D eigenvalue weighted by Gasteiger charge is -2.15. The standard InChI is InChI=1S/C16H28N2O2/c1-5-18(4)11-10-17-13-14-8-9-15(19-6-2)16(12-14)20-7-3/h8-9,12,17H,5-7,10-11,13H2,1-4H3. The quantitative estimate of drug-likeness (QED) is 0.668. The molecule has 0 amide bonds. The van der Waals surface area contributed by atoms with E-state index in [0.717, 1.165) is 37.7 Å². The molecule has 1 rings (SSSR count). The molecule has 0 atom stereocenters. The Balaban J connectivity index is 2.51. The first-order valence-corrected chi connectivity index (χ1v) is 7.49. The number of nitrogens with one attached hydrogen (secondary N) is 1. The topological polar surface area (TPSA) is 33.7 Å². The van der Waals surface area contributed by atoms with Crippen molar-refractivity contribution in [2.24, 2.45) is 0 Å². The molecular weight excluding hydrogens is 252 g/mol. The largest absolute Gasteiger partial charge is 0.490 e. The van der Waals surface area contributed by atoms with Gasteiger partial charge in [0.15, 0.2) is 11.5 Å². The molecule has 0 aliphatic heterocycles. The molecule has 0 radical (unpaired) electrons. The summed E-state index contributed by atoms with van der Waals surface area (Å²) in [4.78, 5) is 2.29. The Morgan fingerprint density at radius 3 is 2.40 bits per heavy atom. The van der Waals surface area contributed by atoms with Crippen LogP contribution in [-0.4, -0.2) is 44.8 Å². The number of nitrogens with zero attached hydrogens (tertiary/aromatic N) is 1. The molecule has 0 heterocycles. The lowest BCUT2D eigenvalue weighted by molar-refractivity contribution is 0.287. The minimum Gasteiger partial charge on any atom is -0.490 e. The summed E-state index contributed by atoms with van der Waals surface area (Å²) in [6, 6.07) is 6.14. The highest BCUT2D eigenvalue weighted by Crippen LogP contribution is 2.28. The van der Waals surface area contributed by atoms with Crippen molar-refractivity contribution in [2.75, 3.05) is 39.9 Å². The van der Waals surface area contributed by atoms with Gasteiger partial charge in [-0.15, -0.1) is 0 Å². The van der Waals surface area contributed by atoms with Gasteiger partial charge in [0.1, 0.15) is 0 Å². The van der Waals surface area contributed by atoms with Crippen LogP contribution in [0.1, 0.15) is 26.3 Å². The van der Waals surface area contributed by atoms with Crippen LogP contribution >= 0.6 is 0 Å². The van der Waals surface area contributed by atoms with Crippen molar-refractivity contribution in [3.8, 4) is 11.5 Å². The molecule has 0 unspecified atom stereocenters. The molecule has 0 aliphatic carbocycles. The monoisotopic (exact) mass is 280 g/mol. The maximum Gasteiger partial charge on any atom is 0.161 e. The van der Waals surface area contributed by atoms with Crippen molar-refractivity contribution in [1.29, 1.82) is 0 Å². The van der Waals surface area contributed by atoms with Crippen LogP contribution in [0.15, 0.2) is 18.2 Å². The van der Waals surface area contributed by atoms with Gasteiger partial charge < -0.3 is 19.7 Å². The summed E-state index contributed by atoms with van der Waals surface area (Å²) in [5.74, 6) is 1.66. The number of benzene rings is 1. The Morgan fingerprint density at radius 2 is 1.75 bits per heavy atom. The molecule has 4 heteroatoms. The molecule has 0 saturated heterocycles. The lowest BCUT2D eigenvalue weighted by atomic mass is 10.2. The Morgan fingerprint density at radius 1 is 1.05 bits per heavy atom. The van der Waals surface area contributed by atoms with E-state index in [0.29, 0.717) is 13.2 Å². The van der Waals surface area contributed by atoms with Crippen LogP contribution < -0.4 is 14.8 Å². The fourth-order valence-corrected chi connectivity index (χ4v) is 1.87. The lowest BCUT2D eigenvalue weighted by Crippen LogP contribution is -2.28. The maximum absolute atomic E-state index is 5.63. The van der Waals surface area contributed by atoms with Crippen LogP contribution in [0, 0.1) is 0 Å². The minimum absolute atomic E-state index is 0.651. The van der Waals surface area contributed by atoms with Gasteiger partial charge in [0, 0.05) is 19.6 Å². The van der Waals surface area contributed by atoms with Crippen molar-refractivity contribution in [3.05, 3.63) is 23.8 Å². The van der Waals surface area contributed by atoms with Gasteiger partial charge in [-0.05, 0) is 45.1 Å². The van der Waals surface area contributed by atoms with Crippen molar-refractivity contribution in [3.63, 3.8) is 0 Å². The highest BCUT2D eigenvalue weighted by molar-refractivity contribution is 5.43. The molecule has 0 fully saturated rings. The third-order valence-electron chi connectivity index (χ3n) is 3.15. The Bertz CT molecular complexity index is 383. The molecule has 1 aromatic carbocycles. The first-order chi connectivity index (χ1) is 9.71. The number of hydrogen-bond acceptors (Lipinski definition) is 4. The van der Waals surface area contributed by atoms with Crippen LogP contribution in [0.4, 0.5) is 0 Å². The van der Waals surface area contributed by atoms with Gasteiger partial charge in [0.2, 0.25) is 0 Å². The fraction of sp³-hybridized carbons (Fsp3) is 0.625. The van der Waals surface area contributed by atoms with Gasteiger partial charge in [-0.1, -0.05) is 13.0 Å². The van der Waals surface area contributed by atoms with E-state index >= 15 is 0 Å². The summed E-state index contributed by atoms with van der Waals surface area (Å²) in [6.07, 6.45) is 0. The Labute approximate surface area is 123 Å². The van der Waals surface area contributed by atoms with Gasteiger partial charge in [0.25, 0.3) is 0 Å². The molecule has 4 nitrogen and oxygen atoms in total. The number of ether oxygens (including phenoxy) is 2. The van der Waals surface area contributed by atoms with E-state index in [9.17, 15) is 0 Å². The van der Waals surface area contributed by atoms with E-state index in [2.05, 4.69) is 36.3 Å². The SMILES string of the molecule is CCOc1ccc(CNCCN(C)CC)cc1OCC. The Hall–Kier alpha value is -1.26. The highest BCUT2D eigenvalue weighted by atomic mass is 16.5. The zero-order valence-corrected chi connectivity index (χ0v) is 13.2. The summed E-state index contributed by atoms with van der Waals surface area (Å²) >= 11 is 0. The van der Waals surface area contributed by atoms with Crippen LogP contribution in [-0.2, 0) is 6.54 Å². The average Bonchev–Trinajstić information content (AvgIpc) is 2.46. The second-order valence-corrected chi connectivity index (χ2v) is 4.72. The van der Waals surface area contributed by atoms with E-state index in [4.69, 9.17) is 9.47 Å². The molecule has 114 valence electrons. The molecule has 1 aromatic rings. The van der Waals surface area contributed by atoms with Gasteiger partial charge in [-0.2, -0.15) is 0 Å². The number of rotatable bonds is 10. The summed E-state index contributed by atoms with van der Waals surface area (Å²) in [5.41, 5.74) is 1.22. The highest BCUT2D eigenvalue weighted by Gasteiger charge is 2.06. The summed E-state index contributed by atoms with van der Waals surface area (Å²) in [6.45, 7) is 11.4. The smallest absolute Gasteiger partial charge is 0.161 e. The van der Waals surface area contributed by atoms with Crippen LogP contribution in [0.3, 0.4) is 0 Å². The zero-order chi connectivity index (χ0) is 14.8. The third kappa shape index (κ3) is 5.80. The molecule has 20 heavy (non-hydrogen) atoms. The predicted molar refractivity (Wildman–Crippen MR) is 83.7 cm³/mol. The molecule has 0 aliphatic rings. The first kappa shape index (κ1) is 16.8. The molecular formula is C16H28N2O2. The number of likely N-dealkylation sites (N-methyl/N-ethyl adjacent to an activating group) is 1. The van der Waals surface area contributed by atoms with E-state index < -0.39 is 0 Å². The minimum atomic E-state index is 0.651. The Kier molecular flexibility index (Phi) is 8.07. The fourth-order valence-electron chi connectivity index (χ4n) is 1.87.